The predicted molar refractivity (Wildman–Crippen MR) is 78.5 cm³/mol. The van der Waals surface area contributed by atoms with Crippen LogP contribution in [-0.4, -0.2) is 28.5 Å². The van der Waals surface area contributed by atoms with Gasteiger partial charge in [0.05, 0.1) is 5.69 Å². The minimum absolute atomic E-state index is 0.825. The number of pyridine rings is 1. The van der Waals surface area contributed by atoms with E-state index in [4.69, 9.17) is 0 Å². The molecule has 5 heteroatoms. The molecule has 0 aliphatic carbocycles. The van der Waals surface area contributed by atoms with Crippen LogP contribution in [0.15, 0.2) is 24.5 Å². The molecule has 1 aliphatic heterocycles. The molecule has 0 unspecified atom stereocenters. The highest BCUT2D eigenvalue weighted by Gasteiger charge is 2.18. The molecule has 0 radical (unpaired) electrons. The number of hydrogen-bond acceptors (Lipinski definition) is 5. The van der Waals surface area contributed by atoms with E-state index in [0.29, 0.717) is 0 Å². The summed E-state index contributed by atoms with van der Waals surface area (Å²) in [5.41, 5.74) is 3.66. The Kier molecular flexibility index (Phi) is 3.60. The molecule has 2 aromatic rings. The standard InChI is InChI=1S/C15H19N5/c1-11-18-14-5-8-17-9-13(14)15(19-11)20(2)10-12-3-6-16-7-4-12/h3-4,6-7,17H,5,8-10H2,1-2H3. The fourth-order valence-corrected chi connectivity index (χ4v) is 2.60. The highest BCUT2D eigenvalue weighted by Crippen LogP contribution is 2.23. The molecule has 3 heterocycles. The molecule has 0 spiro atoms. The Hall–Kier alpha value is -2.01. The van der Waals surface area contributed by atoms with E-state index >= 15 is 0 Å². The van der Waals surface area contributed by atoms with Gasteiger partial charge in [-0.15, -0.1) is 0 Å². The van der Waals surface area contributed by atoms with Crippen molar-refractivity contribution >= 4 is 5.82 Å². The first-order chi connectivity index (χ1) is 9.74. The number of aryl methyl sites for hydroxylation is 1. The van der Waals surface area contributed by atoms with Crippen LogP contribution < -0.4 is 10.2 Å². The molecule has 1 N–H and O–H groups in total. The molecule has 5 nitrogen and oxygen atoms in total. The van der Waals surface area contributed by atoms with E-state index in [1.54, 1.807) is 0 Å². The van der Waals surface area contributed by atoms with Crippen molar-refractivity contribution in [2.75, 3.05) is 18.5 Å². The summed E-state index contributed by atoms with van der Waals surface area (Å²) in [7, 11) is 2.08. The van der Waals surface area contributed by atoms with Crippen LogP contribution in [-0.2, 0) is 19.5 Å². The Labute approximate surface area is 119 Å². The smallest absolute Gasteiger partial charge is 0.137 e. The monoisotopic (exact) mass is 269 g/mol. The van der Waals surface area contributed by atoms with Crippen LogP contribution in [0.25, 0.3) is 0 Å². The van der Waals surface area contributed by atoms with Crippen LogP contribution in [0.5, 0.6) is 0 Å². The van der Waals surface area contributed by atoms with Gasteiger partial charge in [-0.05, 0) is 24.6 Å². The molecule has 1 aliphatic rings. The van der Waals surface area contributed by atoms with Gasteiger partial charge in [-0.1, -0.05) is 0 Å². The van der Waals surface area contributed by atoms with Crippen LogP contribution in [0.1, 0.15) is 22.6 Å². The van der Waals surface area contributed by atoms with Gasteiger partial charge in [-0.25, -0.2) is 9.97 Å². The number of hydrogen-bond donors (Lipinski definition) is 1. The average Bonchev–Trinajstić information content (AvgIpc) is 2.47. The number of rotatable bonds is 3. The van der Waals surface area contributed by atoms with Gasteiger partial charge in [-0.3, -0.25) is 4.98 Å². The normalized spacial score (nSPS) is 13.9. The first-order valence-electron chi connectivity index (χ1n) is 6.91. The fourth-order valence-electron chi connectivity index (χ4n) is 2.60. The summed E-state index contributed by atoms with van der Waals surface area (Å²) in [4.78, 5) is 15.5. The highest BCUT2D eigenvalue weighted by atomic mass is 15.2. The maximum absolute atomic E-state index is 4.64. The minimum Gasteiger partial charge on any atom is -0.355 e. The highest BCUT2D eigenvalue weighted by molar-refractivity contribution is 5.50. The van der Waals surface area contributed by atoms with E-state index in [2.05, 4.69) is 32.2 Å². The zero-order valence-electron chi connectivity index (χ0n) is 11.9. The van der Waals surface area contributed by atoms with Gasteiger partial charge in [0.2, 0.25) is 0 Å². The third kappa shape index (κ3) is 2.63. The lowest BCUT2D eigenvalue weighted by atomic mass is 10.1. The second-order valence-corrected chi connectivity index (χ2v) is 5.16. The SMILES string of the molecule is Cc1nc2c(c(N(C)Cc3ccncc3)n1)CNCC2. The van der Waals surface area contributed by atoms with Gasteiger partial charge in [0.1, 0.15) is 11.6 Å². The minimum atomic E-state index is 0.825. The van der Waals surface area contributed by atoms with Crippen molar-refractivity contribution in [1.82, 2.24) is 20.3 Å². The average molecular weight is 269 g/mol. The molecule has 0 aromatic carbocycles. The number of aromatic nitrogens is 3. The predicted octanol–water partition coefficient (Wildman–Crippen LogP) is 1.46. The van der Waals surface area contributed by atoms with E-state index in [0.717, 1.165) is 37.7 Å². The summed E-state index contributed by atoms with van der Waals surface area (Å²) in [5, 5.41) is 3.40. The molecule has 2 aromatic heterocycles. The largest absolute Gasteiger partial charge is 0.355 e. The molecule has 0 saturated heterocycles. The fraction of sp³-hybridized carbons (Fsp3) is 0.400. The van der Waals surface area contributed by atoms with Crippen molar-refractivity contribution in [3.05, 3.63) is 47.2 Å². The van der Waals surface area contributed by atoms with E-state index in [1.807, 2.05) is 31.5 Å². The Bertz CT molecular complexity index is 597. The van der Waals surface area contributed by atoms with Crippen molar-refractivity contribution < 1.29 is 0 Å². The summed E-state index contributed by atoms with van der Waals surface area (Å²) < 4.78 is 0. The first-order valence-corrected chi connectivity index (χ1v) is 6.91. The van der Waals surface area contributed by atoms with Crippen molar-refractivity contribution in [2.24, 2.45) is 0 Å². The zero-order chi connectivity index (χ0) is 13.9. The van der Waals surface area contributed by atoms with Crippen LogP contribution in [0.3, 0.4) is 0 Å². The van der Waals surface area contributed by atoms with E-state index in [1.165, 1.54) is 16.8 Å². The molecular formula is C15H19N5. The molecule has 0 saturated carbocycles. The first kappa shape index (κ1) is 13.0. The van der Waals surface area contributed by atoms with Crippen molar-refractivity contribution in [3.8, 4) is 0 Å². The number of fused-ring (bicyclic) bond motifs is 1. The molecule has 104 valence electrons. The number of anilines is 1. The Balaban J connectivity index is 1.91. The van der Waals surface area contributed by atoms with Gasteiger partial charge < -0.3 is 10.2 Å². The van der Waals surface area contributed by atoms with Crippen LogP contribution in [0, 0.1) is 6.92 Å². The van der Waals surface area contributed by atoms with E-state index in [9.17, 15) is 0 Å². The molecule has 0 fully saturated rings. The van der Waals surface area contributed by atoms with Crippen molar-refractivity contribution in [3.63, 3.8) is 0 Å². The summed E-state index contributed by atoms with van der Waals surface area (Å²) in [6.07, 6.45) is 4.63. The van der Waals surface area contributed by atoms with Gasteiger partial charge in [-0.2, -0.15) is 0 Å². The number of nitrogens with zero attached hydrogens (tertiary/aromatic N) is 4. The van der Waals surface area contributed by atoms with Crippen LogP contribution in [0.4, 0.5) is 5.82 Å². The Morgan fingerprint density at radius 2 is 2.05 bits per heavy atom. The lowest BCUT2D eigenvalue weighted by molar-refractivity contribution is 0.619. The third-order valence-corrected chi connectivity index (χ3v) is 3.55. The lowest BCUT2D eigenvalue weighted by Gasteiger charge is -2.25. The van der Waals surface area contributed by atoms with Gasteiger partial charge in [0.15, 0.2) is 0 Å². The Morgan fingerprint density at radius 3 is 2.85 bits per heavy atom. The van der Waals surface area contributed by atoms with Gasteiger partial charge in [0, 0.05) is 51.1 Å². The maximum Gasteiger partial charge on any atom is 0.137 e. The van der Waals surface area contributed by atoms with Crippen molar-refractivity contribution in [2.45, 2.75) is 26.4 Å². The van der Waals surface area contributed by atoms with Crippen LogP contribution in [0.2, 0.25) is 0 Å². The van der Waals surface area contributed by atoms with E-state index < -0.39 is 0 Å². The topological polar surface area (TPSA) is 53.9 Å². The summed E-state index contributed by atoms with van der Waals surface area (Å²) in [5.74, 6) is 1.89. The third-order valence-electron chi connectivity index (χ3n) is 3.55. The molecule has 0 bridgehead atoms. The quantitative estimate of drug-likeness (QED) is 0.914. The second kappa shape index (κ2) is 5.54. The summed E-state index contributed by atoms with van der Waals surface area (Å²) in [6, 6.07) is 4.07. The number of nitrogens with one attached hydrogen (secondary N) is 1. The molecule has 20 heavy (non-hydrogen) atoms. The zero-order valence-corrected chi connectivity index (χ0v) is 11.9. The second-order valence-electron chi connectivity index (χ2n) is 5.16. The van der Waals surface area contributed by atoms with Crippen LogP contribution >= 0.6 is 0 Å². The molecule has 3 rings (SSSR count). The molecular weight excluding hydrogens is 250 g/mol. The van der Waals surface area contributed by atoms with Crippen molar-refractivity contribution in [1.29, 1.82) is 0 Å². The van der Waals surface area contributed by atoms with E-state index in [-0.39, 0.29) is 0 Å². The lowest BCUT2D eigenvalue weighted by Crippen LogP contribution is -2.29. The van der Waals surface area contributed by atoms with Gasteiger partial charge >= 0.3 is 0 Å². The molecule has 0 atom stereocenters. The molecule has 0 amide bonds. The summed E-state index contributed by atoms with van der Waals surface area (Å²) in [6.45, 7) is 4.64. The Morgan fingerprint density at radius 1 is 1.25 bits per heavy atom. The maximum atomic E-state index is 4.64. The van der Waals surface area contributed by atoms with Gasteiger partial charge in [0.25, 0.3) is 0 Å². The summed E-state index contributed by atoms with van der Waals surface area (Å²) >= 11 is 0.